The van der Waals surface area contributed by atoms with Gasteiger partial charge in [-0.2, -0.15) is 0 Å². The van der Waals surface area contributed by atoms with Crippen LogP contribution in [0.5, 0.6) is 11.5 Å². The number of benzene rings is 2. The Labute approximate surface area is 162 Å². The molecular formula is C21H22N3O2S+. The van der Waals surface area contributed by atoms with Gasteiger partial charge in [0, 0.05) is 36.0 Å². The summed E-state index contributed by atoms with van der Waals surface area (Å²) in [5.74, 6) is 0.575. The summed E-state index contributed by atoms with van der Waals surface area (Å²) in [5, 5.41) is 19.7. The lowest BCUT2D eigenvalue weighted by molar-refractivity contribution is 0.445. The molecule has 0 aliphatic heterocycles. The molecule has 27 heavy (non-hydrogen) atoms. The van der Waals surface area contributed by atoms with Gasteiger partial charge in [-0.1, -0.05) is 13.8 Å². The fourth-order valence-electron chi connectivity index (χ4n) is 3.51. The van der Waals surface area contributed by atoms with Crippen LogP contribution in [0.3, 0.4) is 0 Å². The van der Waals surface area contributed by atoms with Crippen molar-refractivity contribution in [2.45, 2.75) is 19.8 Å². The number of aryl methyl sites for hydroxylation is 1. The van der Waals surface area contributed by atoms with Gasteiger partial charge < -0.3 is 19.8 Å². The highest BCUT2D eigenvalue weighted by atomic mass is 32.1. The molecule has 2 aromatic carbocycles. The first-order chi connectivity index (χ1) is 12.9. The lowest BCUT2D eigenvalue weighted by Gasteiger charge is -2.13. The fraction of sp³-hybridized carbons (Fsp3) is 0.190. The van der Waals surface area contributed by atoms with Gasteiger partial charge in [-0.15, -0.1) is 0 Å². The van der Waals surface area contributed by atoms with E-state index in [0.29, 0.717) is 4.77 Å². The molecule has 2 aromatic heterocycles. The zero-order valence-electron chi connectivity index (χ0n) is 15.4. The van der Waals surface area contributed by atoms with Gasteiger partial charge in [0.2, 0.25) is 0 Å². The summed E-state index contributed by atoms with van der Waals surface area (Å²) in [7, 11) is 2.02. The molecule has 0 saturated heterocycles. The van der Waals surface area contributed by atoms with Crippen molar-refractivity contribution in [2.75, 3.05) is 0 Å². The molecule has 5 nitrogen and oxygen atoms in total. The van der Waals surface area contributed by atoms with Gasteiger partial charge in [0.15, 0.2) is 4.77 Å². The van der Waals surface area contributed by atoms with Gasteiger partial charge >= 0.3 is 0 Å². The first-order valence-electron chi connectivity index (χ1n) is 8.81. The number of aromatic nitrogens is 3. The number of imidazole rings is 1. The third-order valence-corrected chi connectivity index (χ3v) is 5.27. The molecule has 4 rings (SSSR count). The maximum atomic E-state index is 10.2. The number of phenols is 1. The van der Waals surface area contributed by atoms with Crippen molar-refractivity contribution in [3.05, 3.63) is 59.1 Å². The van der Waals surface area contributed by atoms with Crippen LogP contribution >= 0.6 is 12.2 Å². The Hall–Kier alpha value is -2.99. The molecular weight excluding hydrogens is 358 g/mol. The maximum absolute atomic E-state index is 10.2. The molecule has 0 fully saturated rings. The minimum absolute atomic E-state index is 0.153. The van der Waals surface area contributed by atoms with Crippen molar-refractivity contribution in [3.63, 3.8) is 0 Å². The first kappa shape index (κ1) is 17.4. The maximum Gasteiger partial charge on any atom is 0.267 e. The third kappa shape index (κ3) is 2.82. The smallest absolute Gasteiger partial charge is 0.267 e. The summed E-state index contributed by atoms with van der Waals surface area (Å²) >= 11 is 5.53. The van der Waals surface area contributed by atoms with Crippen LogP contribution in [0.1, 0.15) is 25.3 Å². The van der Waals surface area contributed by atoms with Gasteiger partial charge in [-0.3, -0.25) is 4.57 Å². The van der Waals surface area contributed by atoms with Crippen LogP contribution in [-0.4, -0.2) is 24.3 Å². The molecule has 0 unspecified atom stereocenters. The number of nitrogens with one attached hydrogen (secondary N) is 1. The molecule has 6 heteroatoms. The summed E-state index contributed by atoms with van der Waals surface area (Å²) in [6.07, 6.45) is 3.86. The number of hydrogen-bond donors (Lipinski definition) is 2. The van der Waals surface area contributed by atoms with E-state index in [4.69, 9.17) is 17.3 Å². The van der Waals surface area contributed by atoms with Crippen molar-refractivity contribution in [1.29, 1.82) is 0 Å². The van der Waals surface area contributed by atoms with Crippen LogP contribution in [0, 0.1) is 4.77 Å². The predicted octanol–water partition coefficient (Wildman–Crippen LogP) is 4.96. The van der Waals surface area contributed by atoms with E-state index in [1.165, 1.54) is 6.07 Å². The minimum atomic E-state index is 0.153. The summed E-state index contributed by atoms with van der Waals surface area (Å²) in [5.41, 5.74) is 4.45. The quantitative estimate of drug-likeness (QED) is 0.390. The van der Waals surface area contributed by atoms with Gasteiger partial charge in [-0.25, -0.2) is 0 Å². The minimum Gasteiger partial charge on any atom is -0.593 e. The zero-order chi connectivity index (χ0) is 19.3. The van der Waals surface area contributed by atoms with Crippen molar-refractivity contribution in [2.24, 2.45) is 7.05 Å². The van der Waals surface area contributed by atoms with Gasteiger partial charge in [0.25, 0.3) is 5.75 Å². The monoisotopic (exact) mass is 380 g/mol. The van der Waals surface area contributed by atoms with Crippen LogP contribution in [0.15, 0.2) is 48.8 Å². The zero-order valence-corrected chi connectivity index (χ0v) is 16.3. The second-order valence-electron chi connectivity index (χ2n) is 7.10. The van der Waals surface area contributed by atoms with E-state index in [1.54, 1.807) is 0 Å². The Morgan fingerprint density at radius 2 is 1.93 bits per heavy atom. The number of fused-ring (bicyclic) bond motifs is 1. The largest absolute Gasteiger partial charge is 0.593 e. The molecule has 0 atom stereocenters. The number of rotatable bonds is 3. The van der Waals surface area contributed by atoms with Crippen LogP contribution < -0.4 is 0 Å². The number of nitrogens with zero attached hydrogens (tertiary/aromatic N) is 2. The third-order valence-electron chi connectivity index (χ3n) is 4.97. The Balaban J connectivity index is 1.94. The Morgan fingerprint density at radius 3 is 2.67 bits per heavy atom. The fourth-order valence-corrected chi connectivity index (χ4v) is 3.77. The van der Waals surface area contributed by atoms with Crippen LogP contribution in [0.4, 0.5) is 0 Å². The lowest BCUT2D eigenvalue weighted by atomic mass is 9.97. The standard InChI is InChI=1S/C21H21N3O2S/c1-12(2)15-9-16(20(26)10-19(15)25)18-11-22-21(27)24(18)14-4-5-17-13(8-14)6-7-23(17)3/h4-12,25-26H,1-3H3,(H,22,27)/p+1. The van der Waals surface area contributed by atoms with Crippen LogP contribution in [0.25, 0.3) is 27.8 Å². The average Bonchev–Trinajstić information content (AvgIpc) is 3.17. The molecule has 0 radical (unpaired) electrons. The number of aromatic amines is 1. The Bertz CT molecular complexity index is 1210. The lowest BCUT2D eigenvalue weighted by Crippen LogP contribution is -1.98. The molecule has 0 aliphatic rings. The second-order valence-corrected chi connectivity index (χ2v) is 7.48. The van der Waals surface area contributed by atoms with Gasteiger partial charge in [0.05, 0.1) is 17.3 Å². The van der Waals surface area contributed by atoms with Gasteiger partial charge in [-0.05, 0) is 54.0 Å². The summed E-state index contributed by atoms with van der Waals surface area (Å²) < 4.78 is 4.59. The number of aromatic hydroxyl groups is 1. The topological polar surface area (TPSA) is 68.8 Å². The predicted molar refractivity (Wildman–Crippen MR) is 112 cm³/mol. The number of H-pyrrole nitrogens is 1. The first-order valence-corrected chi connectivity index (χ1v) is 9.22. The van der Waals surface area contributed by atoms with E-state index >= 15 is 0 Å². The highest BCUT2D eigenvalue weighted by Crippen LogP contribution is 2.38. The Morgan fingerprint density at radius 1 is 1.15 bits per heavy atom. The van der Waals surface area contributed by atoms with Gasteiger partial charge in [0.1, 0.15) is 5.75 Å². The van der Waals surface area contributed by atoms with E-state index in [2.05, 4.69) is 27.8 Å². The van der Waals surface area contributed by atoms with Crippen molar-refractivity contribution >= 4 is 23.1 Å². The summed E-state index contributed by atoms with van der Waals surface area (Å²) in [6, 6.07) is 11.7. The average molecular weight is 380 g/mol. The van der Waals surface area contributed by atoms with E-state index in [1.807, 2.05) is 50.0 Å². The molecule has 0 bridgehead atoms. The van der Waals surface area contributed by atoms with Crippen LogP contribution in [0.2, 0.25) is 0 Å². The molecule has 0 aliphatic carbocycles. The van der Waals surface area contributed by atoms with E-state index < -0.39 is 0 Å². The van der Waals surface area contributed by atoms with Crippen molar-refractivity contribution in [1.82, 2.24) is 14.1 Å². The molecule has 4 aromatic rings. The Kier molecular flexibility index (Phi) is 4.08. The van der Waals surface area contributed by atoms with Crippen LogP contribution in [-0.2, 0) is 7.05 Å². The molecule has 2 heterocycles. The second kappa shape index (κ2) is 6.32. The van der Waals surface area contributed by atoms with E-state index in [-0.39, 0.29) is 17.4 Å². The van der Waals surface area contributed by atoms with Crippen molar-refractivity contribution in [3.8, 4) is 28.4 Å². The molecule has 0 amide bonds. The highest BCUT2D eigenvalue weighted by molar-refractivity contribution is 7.71. The molecule has 138 valence electrons. The SMILES string of the molecule is CC(C)c1cc(-c2c[nH]c(=S)n2-c2ccc3c(ccn3C)c2)c([OH2+])cc1O. The number of phenolic OH excluding ortho intramolecular Hbond substituents is 1. The van der Waals surface area contributed by atoms with E-state index in [0.717, 1.165) is 33.4 Å². The highest BCUT2D eigenvalue weighted by Gasteiger charge is 2.20. The normalized spacial score (nSPS) is 11.6. The number of hydrogen-bond acceptors (Lipinski definition) is 2. The summed E-state index contributed by atoms with van der Waals surface area (Å²) in [4.78, 5) is 3.10. The summed E-state index contributed by atoms with van der Waals surface area (Å²) in [6.45, 7) is 4.05. The molecule has 0 saturated carbocycles. The molecule has 4 N–H and O–H groups in total. The van der Waals surface area contributed by atoms with E-state index in [9.17, 15) is 5.11 Å². The molecule has 0 spiro atoms. The van der Waals surface area contributed by atoms with Crippen molar-refractivity contribution < 1.29 is 10.2 Å².